The fourth-order valence-electron chi connectivity index (χ4n) is 1.50. The zero-order valence-corrected chi connectivity index (χ0v) is 10.7. The van der Waals surface area contributed by atoms with Crippen molar-refractivity contribution in [1.82, 2.24) is 5.16 Å². The van der Waals surface area contributed by atoms with Crippen molar-refractivity contribution in [1.29, 1.82) is 0 Å². The van der Waals surface area contributed by atoms with Crippen LogP contribution in [-0.4, -0.2) is 10.3 Å². The van der Waals surface area contributed by atoms with E-state index in [1.165, 1.54) is 11.3 Å². The topological polar surface area (TPSA) is 46.3 Å². The second-order valence-electron chi connectivity index (χ2n) is 3.28. The van der Waals surface area contributed by atoms with Crippen molar-refractivity contribution in [2.24, 2.45) is 0 Å². The van der Waals surface area contributed by atoms with E-state index in [0.717, 1.165) is 19.9 Å². The van der Waals surface area contributed by atoms with E-state index in [2.05, 4.69) is 21.1 Å². The van der Waals surface area contributed by atoms with Gasteiger partial charge in [0.2, 0.25) is 0 Å². The maximum absolute atomic E-state index is 10.1. The molecule has 2 heterocycles. The first-order chi connectivity index (χ1) is 7.09. The predicted molar refractivity (Wildman–Crippen MR) is 62.1 cm³/mol. The standard InChI is InChI=1S/C10H10BrNO2S/c1-5-9(6(2)14-12-5)10(13)7-3-4-8(11)15-7/h3-4,10,13H,1-2H3. The number of hydrogen-bond acceptors (Lipinski definition) is 4. The fraction of sp³-hybridized carbons (Fsp3) is 0.300. The summed E-state index contributed by atoms with van der Waals surface area (Å²) in [7, 11) is 0. The lowest BCUT2D eigenvalue weighted by Crippen LogP contribution is -1.99. The van der Waals surface area contributed by atoms with Crippen molar-refractivity contribution in [3.63, 3.8) is 0 Å². The van der Waals surface area contributed by atoms with E-state index < -0.39 is 6.10 Å². The molecule has 3 nitrogen and oxygen atoms in total. The molecule has 2 rings (SSSR count). The minimum atomic E-state index is -0.646. The normalized spacial score (nSPS) is 13.1. The van der Waals surface area contributed by atoms with Crippen molar-refractivity contribution < 1.29 is 9.63 Å². The van der Waals surface area contributed by atoms with Crippen LogP contribution in [0.2, 0.25) is 0 Å². The largest absolute Gasteiger partial charge is 0.383 e. The van der Waals surface area contributed by atoms with Gasteiger partial charge in [0.1, 0.15) is 11.9 Å². The van der Waals surface area contributed by atoms with Gasteiger partial charge >= 0.3 is 0 Å². The highest BCUT2D eigenvalue weighted by Gasteiger charge is 2.20. The van der Waals surface area contributed by atoms with Crippen LogP contribution in [0, 0.1) is 13.8 Å². The zero-order chi connectivity index (χ0) is 11.0. The second kappa shape index (κ2) is 4.08. The van der Waals surface area contributed by atoms with E-state index in [0.29, 0.717) is 5.76 Å². The second-order valence-corrected chi connectivity index (χ2v) is 5.78. The Hall–Kier alpha value is -0.650. The molecule has 1 atom stereocenters. The quantitative estimate of drug-likeness (QED) is 0.923. The summed E-state index contributed by atoms with van der Waals surface area (Å²) in [5.41, 5.74) is 1.51. The van der Waals surface area contributed by atoms with Gasteiger partial charge in [-0.25, -0.2) is 0 Å². The number of rotatable bonds is 2. The van der Waals surface area contributed by atoms with Crippen LogP contribution in [0.15, 0.2) is 20.4 Å². The first kappa shape index (κ1) is 10.9. The number of hydrogen-bond donors (Lipinski definition) is 1. The lowest BCUT2D eigenvalue weighted by atomic mass is 10.1. The molecule has 2 aromatic rings. The van der Waals surface area contributed by atoms with Crippen molar-refractivity contribution >= 4 is 27.3 Å². The molecule has 0 aliphatic heterocycles. The van der Waals surface area contributed by atoms with Gasteiger partial charge in [0.25, 0.3) is 0 Å². The monoisotopic (exact) mass is 287 g/mol. The molecule has 0 bridgehead atoms. The number of aliphatic hydroxyl groups excluding tert-OH is 1. The number of aromatic nitrogens is 1. The van der Waals surface area contributed by atoms with E-state index >= 15 is 0 Å². The molecule has 0 spiro atoms. The lowest BCUT2D eigenvalue weighted by molar-refractivity contribution is 0.221. The average Bonchev–Trinajstić information content (AvgIpc) is 2.73. The van der Waals surface area contributed by atoms with E-state index in [-0.39, 0.29) is 0 Å². The van der Waals surface area contributed by atoms with Gasteiger partial charge in [-0.15, -0.1) is 11.3 Å². The van der Waals surface area contributed by atoms with Crippen LogP contribution in [0.3, 0.4) is 0 Å². The summed E-state index contributed by atoms with van der Waals surface area (Å²) in [6, 6.07) is 3.81. The van der Waals surface area contributed by atoms with Gasteiger partial charge in [-0.1, -0.05) is 5.16 Å². The third kappa shape index (κ3) is 2.00. The minimum absolute atomic E-state index is 0.646. The van der Waals surface area contributed by atoms with E-state index in [1.54, 1.807) is 6.92 Å². The number of thiophene rings is 1. The van der Waals surface area contributed by atoms with Gasteiger partial charge < -0.3 is 9.63 Å². The summed E-state index contributed by atoms with van der Waals surface area (Å²) in [6.45, 7) is 3.64. The summed E-state index contributed by atoms with van der Waals surface area (Å²) in [6.07, 6.45) is -0.646. The van der Waals surface area contributed by atoms with Crippen molar-refractivity contribution in [2.45, 2.75) is 20.0 Å². The van der Waals surface area contributed by atoms with Gasteiger partial charge in [0.05, 0.1) is 15.0 Å². The first-order valence-electron chi connectivity index (χ1n) is 4.45. The number of aryl methyl sites for hydroxylation is 2. The molecule has 1 unspecified atom stereocenters. The Morgan fingerprint density at radius 2 is 2.20 bits per heavy atom. The van der Waals surface area contributed by atoms with Crippen molar-refractivity contribution in [2.75, 3.05) is 0 Å². The highest BCUT2D eigenvalue weighted by atomic mass is 79.9. The van der Waals surface area contributed by atoms with Crippen molar-refractivity contribution in [3.05, 3.63) is 37.8 Å². The van der Waals surface area contributed by atoms with Crippen LogP contribution >= 0.6 is 27.3 Å². The average molecular weight is 288 g/mol. The molecule has 80 valence electrons. The van der Waals surface area contributed by atoms with E-state index in [4.69, 9.17) is 4.52 Å². The molecule has 5 heteroatoms. The third-order valence-corrected chi connectivity index (χ3v) is 3.90. The van der Waals surface area contributed by atoms with Crippen LogP contribution in [0.4, 0.5) is 0 Å². The molecule has 1 N–H and O–H groups in total. The molecule has 0 saturated heterocycles. The molecule has 0 fully saturated rings. The van der Waals surface area contributed by atoms with Gasteiger partial charge in [0, 0.05) is 4.88 Å². The van der Waals surface area contributed by atoms with Crippen LogP contribution in [0.25, 0.3) is 0 Å². The van der Waals surface area contributed by atoms with E-state index in [1.807, 2.05) is 19.1 Å². The Labute approximate surface area is 99.9 Å². The maximum atomic E-state index is 10.1. The SMILES string of the molecule is Cc1noc(C)c1C(O)c1ccc(Br)s1. The number of halogens is 1. The Morgan fingerprint density at radius 3 is 2.67 bits per heavy atom. The summed E-state index contributed by atoms with van der Waals surface area (Å²) in [4.78, 5) is 0.885. The molecule has 0 aromatic carbocycles. The molecule has 0 aliphatic carbocycles. The van der Waals surface area contributed by atoms with Gasteiger partial charge in [-0.2, -0.15) is 0 Å². The number of aliphatic hydroxyl groups is 1. The molecule has 0 aliphatic rings. The van der Waals surface area contributed by atoms with Crippen LogP contribution < -0.4 is 0 Å². The van der Waals surface area contributed by atoms with E-state index in [9.17, 15) is 5.11 Å². The highest BCUT2D eigenvalue weighted by Crippen LogP contribution is 2.33. The molecule has 0 radical (unpaired) electrons. The van der Waals surface area contributed by atoms with Crippen LogP contribution in [0.1, 0.15) is 28.0 Å². The highest BCUT2D eigenvalue weighted by molar-refractivity contribution is 9.11. The fourth-order valence-corrected chi connectivity index (χ4v) is 2.92. The Balaban J connectivity index is 2.40. The van der Waals surface area contributed by atoms with Gasteiger partial charge in [-0.3, -0.25) is 0 Å². The number of nitrogens with zero attached hydrogens (tertiary/aromatic N) is 1. The lowest BCUT2D eigenvalue weighted by Gasteiger charge is -2.07. The summed E-state index contributed by atoms with van der Waals surface area (Å²) in [5.74, 6) is 0.671. The van der Waals surface area contributed by atoms with Crippen molar-refractivity contribution in [3.8, 4) is 0 Å². The Morgan fingerprint density at radius 1 is 1.47 bits per heavy atom. The molecular formula is C10H10BrNO2S. The van der Waals surface area contributed by atoms with Crippen LogP contribution in [0.5, 0.6) is 0 Å². The smallest absolute Gasteiger partial charge is 0.140 e. The van der Waals surface area contributed by atoms with Crippen LogP contribution in [-0.2, 0) is 0 Å². The third-order valence-electron chi connectivity index (χ3n) is 2.23. The Bertz CT molecular complexity index is 458. The van der Waals surface area contributed by atoms with Gasteiger partial charge in [0.15, 0.2) is 0 Å². The zero-order valence-electron chi connectivity index (χ0n) is 8.32. The molecule has 0 amide bonds. The molecule has 0 saturated carbocycles. The summed E-state index contributed by atoms with van der Waals surface area (Å²) in [5, 5.41) is 14.0. The molecule has 15 heavy (non-hydrogen) atoms. The van der Waals surface area contributed by atoms with Gasteiger partial charge in [-0.05, 0) is 41.9 Å². The maximum Gasteiger partial charge on any atom is 0.140 e. The first-order valence-corrected chi connectivity index (χ1v) is 6.06. The summed E-state index contributed by atoms with van der Waals surface area (Å²) < 4.78 is 6.03. The minimum Gasteiger partial charge on any atom is -0.383 e. The predicted octanol–water partition coefficient (Wildman–Crippen LogP) is 3.20. The summed E-state index contributed by atoms with van der Waals surface area (Å²) >= 11 is 4.88. The molecule has 2 aromatic heterocycles. The Kier molecular flexibility index (Phi) is 2.95. The molecular weight excluding hydrogens is 278 g/mol.